The number of nitrogens with zero attached hydrogens (tertiary/aromatic N) is 1. The van der Waals surface area contributed by atoms with Crippen molar-refractivity contribution in [3.63, 3.8) is 0 Å². The number of anilines is 2. The van der Waals surface area contributed by atoms with Crippen LogP contribution in [0.2, 0.25) is 5.02 Å². The first kappa shape index (κ1) is 18.9. The second-order valence-electron chi connectivity index (χ2n) is 6.35. The molecule has 1 aliphatic rings. The maximum Gasteiger partial charge on any atom is 0.313 e. The minimum absolute atomic E-state index is 0.00770. The van der Waals surface area contributed by atoms with Gasteiger partial charge in [-0.2, -0.15) is 0 Å². The number of hydrogen-bond donors (Lipinski definition) is 2. The Balaban J connectivity index is 1.63. The Morgan fingerprint density at radius 1 is 1.11 bits per heavy atom. The van der Waals surface area contributed by atoms with Gasteiger partial charge in [0.1, 0.15) is 0 Å². The average Bonchev–Trinajstić information content (AvgIpc) is 2.66. The van der Waals surface area contributed by atoms with Crippen LogP contribution in [0.5, 0.6) is 0 Å². The molecule has 0 aromatic heterocycles. The van der Waals surface area contributed by atoms with Crippen molar-refractivity contribution >= 4 is 40.7 Å². The number of amides is 3. The van der Waals surface area contributed by atoms with E-state index in [4.69, 9.17) is 11.6 Å². The molecule has 27 heavy (non-hydrogen) atoms. The highest BCUT2D eigenvalue weighted by atomic mass is 35.5. The molecule has 2 aromatic carbocycles. The van der Waals surface area contributed by atoms with Crippen LogP contribution in [0.4, 0.5) is 11.4 Å². The zero-order valence-corrected chi connectivity index (χ0v) is 15.7. The lowest BCUT2D eigenvalue weighted by Crippen LogP contribution is -2.35. The topological polar surface area (TPSA) is 78.5 Å². The van der Waals surface area contributed by atoms with E-state index in [1.54, 1.807) is 35.2 Å². The number of rotatable bonds is 3. The number of halogens is 1. The van der Waals surface area contributed by atoms with E-state index >= 15 is 0 Å². The number of fused-ring (bicyclic) bond motifs is 1. The van der Waals surface area contributed by atoms with Crippen LogP contribution < -0.4 is 15.5 Å². The second kappa shape index (κ2) is 8.22. The van der Waals surface area contributed by atoms with E-state index < -0.39 is 11.8 Å². The summed E-state index contributed by atoms with van der Waals surface area (Å²) in [5.74, 6) is -1.49. The molecular formula is C20H20ClN3O3. The lowest BCUT2D eigenvalue weighted by Gasteiger charge is -2.28. The van der Waals surface area contributed by atoms with Gasteiger partial charge in [-0.25, -0.2) is 0 Å². The lowest BCUT2D eigenvalue weighted by atomic mass is 10.0. The van der Waals surface area contributed by atoms with Gasteiger partial charge >= 0.3 is 11.8 Å². The van der Waals surface area contributed by atoms with Crippen LogP contribution in [0.1, 0.15) is 24.5 Å². The molecule has 0 saturated heterocycles. The van der Waals surface area contributed by atoms with Crippen molar-refractivity contribution in [2.24, 2.45) is 0 Å². The normalized spacial score (nSPS) is 12.9. The summed E-state index contributed by atoms with van der Waals surface area (Å²) in [6.07, 6.45) is 1.68. The maximum absolute atomic E-state index is 12.1. The van der Waals surface area contributed by atoms with Crippen LogP contribution in [0.15, 0.2) is 42.5 Å². The second-order valence-corrected chi connectivity index (χ2v) is 6.75. The number of hydrogen-bond acceptors (Lipinski definition) is 3. The van der Waals surface area contributed by atoms with Crippen molar-refractivity contribution < 1.29 is 14.4 Å². The summed E-state index contributed by atoms with van der Waals surface area (Å²) in [6.45, 7) is 2.40. The van der Waals surface area contributed by atoms with Gasteiger partial charge in [0.15, 0.2) is 0 Å². The van der Waals surface area contributed by atoms with Gasteiger partial charge in [-0.15, -0.1) is 0 Å². The maximum atomic E-state index is 12.1. The van der Waals surface area contributed by atoms with Gasteiger partial charge < -0.3 is 15.5 Å². The van der Waals surface area contributed by atoms with Crippen LogP contribution in [0.25, 0.3) is 0 Å². The van der Waals surface area contributed by atoms with E-state index in [1.807, 2.05) is 12.1 Å². The Labute approximate surface area is 162 Å². The molecule has 0 fully saturated rings. The summed E-state index contributed by atoms with van der Waals surface area (Å²) in [5, 5.41) is 5.69. The Bertz CT molecular complexity index is 898. The molecule has 3 rings (SSSR count). The van der Waals surface area contributed by atoms with Gasteiger partial charge in [-0.05, 0) is 48.2 Å². The first-order valence-corrected chi connectivity index (χ1v) is 9.07. The van der Waals surface area contributed by atoms with Crippen molar-refractivity contribution in [1.29, 1.82) is 0 Å². The number of nitrogens with one attached hydrogen (secondary N) is 2. The molecule has 0 unspecified atom stereocenters. The molecule has 0 radical (unpaired) electrons. The largest absolute Gasteiger partial charge is 0.344 e. The smallest absolute Gasteiger partial charge is 0.313 e. The lowest BCUT2D eigenvalue weighted by molar-refractivity contribution is -0.136. The van der Waals surface area contributed by atoms with Gasteiger partial charge in [-0.3, -0.25) is 14.4 Å². The first-order chi connectivity index (χ1) is 13.0. The molecule has 0 atom stereocenters. The summed E-state index contributed by atoms with van der Waals surface area (Å²) >= 11 is 6.04. The van der Waals surface area contributed by atoms with Crippen LogP contribution in [0.3, 0.4) is 0 Å². The van der Waals surface area contributed by atoms with Crippen LogP contribution in [-0.2, 0) is 27.3 Å². The van der Waals surface area contributed by atoms with Crippen LogP contribution in [0, 0.1) is 0 Å². The third-order valence-electron chi connectivity index (χ3n) is 4.44. The van der Waals surface area contributed by atoms with Crippen molar-refractivity contribution in [3.05, 3.63) is 58.6 Å². The molecule has 6 nitrogen and oxygen atoms in total. The summed E-state index contributed by atoms with van der Waals surface area (Å²) in [6, 6.07) is 12.4. The van der Waals surface area contributed by atoms with Crippen molar-refractivity contribution in [3.8, 4) is 0 Å². The van der Waals surface area contributed by atoms with E-state index in [1.165, 1.54) is 6.92 Å². The van der Waals surface area contributed by atoms with Crippen LogP contribution in [-0.4, -0.2) is 24.3 Å². The van der Waals surface area contributed by atoms with Crippen molar-refractivity contribution in [2.45, 2.75) is 26.3 Å². The predicted octanol–water partition coefficient (Wildman–Crippen LogP) is 2.89. The number of carbonyl (C=O) groups is 3. The first-order valence-electron chi connectivity index (χ1n) is 8.69. The van der Waals surface area contributed by atoms with E-state index in [-0.39, 0.29) is 12.5 Å². The fourth-order valence-corrected chi connectivity index (χ4v) is 3.29. The highest BCUT2D eigenvalue weighted by Crippen LogP contribution is 2.29. The third-order valence-corrected chi connectivity index (χ3v) is 4.81. The van der Waals surface area contributed by atoms with Gasteiger partial charge in [0.25, 0.3) is 0 Å². The highest BCUT2D eigenvalue weighted by Gasteiger charge is 2.21. The number of benzene rings is 2. The summed E-state index contributed by atoms with van der Waals surface area (Å²) < 4.78 is 0. The van der Waals surface area contributed by atoms with Gasteiger partial charge in [0.05, 0.1) is 0 Å². The minimum atomic E-state index is -0.749. The van der Waals surface area contributed by atoms with Gasteiger partial charge in [0, 0.05) is 36.4 Å². The van der Waals surface area contributed by atoms with E-state index in [2.05, 4.69) is 10.6 Å². The molecule has 2 N–H and O–H groups in total. The molecule has 2 aromatic rings. The molecule has 7 heteroatoms. The van der Waals surface area contributed by atoms with Gasteiger partial charge in [-0.1, -0.05) is 29.8 Å². The molecule has 0 aliphatic carbocycles. The molecule has 0 bridgehead atoms. The molecule has 0 saturated carbocycles. The Kier molecular flexibility index (Phi) is 5.76. The third kappa shape index (κ3) is 4.46. The summed E-state index contributed by atoms with van der Waals surface area (Å²) in [5.41, 5.74) is 3.09. The number of aryl methyl sites for hydroxylation is 1. The minimum Gasteiger partial charge on any atom is -0.344 e. The van der Waals surface area contributed by atoms with E-state index in [0.717, 1.165) is 29.7 Å². The summed E-state index contributed by atoms with van der Waals surface area (Å²) in [7, 11) is 0. The fraction of sp³-hybridized carbons (Fsp3) is 0.250. The van der Waals surface area contributed by atoms with Crippen molar-refractivity contribution in [2.75, 3.05) is 16.8 Å². The molecule has 140 valence electrons. The molecular weight excluding hydrogens is 366 g/mol. The fourth-order valence-electron chi connectivity index (χ4n) is 3.09. The van der Waals surface area contributed by atoms with Gasteiger partial charge in [0.2, 0.25) is 5.91 Å². The van der Waals surface area contributed by atoms with E-state index in [9.17, 15) is 14.4 Å². The highest BCUT2D eigenvalue weighted by molar-refractivity contribution is 6.39. The van der Waals surface area contributed by atoms with E-state index in [0.29, 0.717) is 17.3 Å². The van der Waals surface area contributed by atoms with Crippen molar-refractivity contribution in [1.82, 2.24) is 5.32 Å². The standard InChI is InChI=1S/C20H20ClN3O3/c1-13(25)24-10-4-6-14-11-16(8-9-18(14)24)23-20(27)19(26)22-12-15-5-2-3-7-17(15)21/h2-3,5,7-9,11H,4,6,10,12H2,1H3,(H,22,26)(H,23,27). The molecule has 3 amide bonds. The molecule has 0 spiro atoms. The molecule has 1 heterocycles. The zero-order chi connectivity index (χ0) is 19.4. The Morgan fingerprint density at radius 2 is 1.89 bits per heavy atom. The quantitative estimate of drug-likeness (QED) is 0.797. The monoisotopic (exact) mass is 385 g/mol. The zero-order valence-electron chi connectivity index (χ0n) is 14.9. The number of carbonyl (C=O) groups excluding carboxylic acids is 3. The Morgan fingerprint density at radius 3 is 2.63 bits per heavy atom. The van der Waals surface area contributed by atoms with Crippen LogP contribution >= 0.6 is 11.6 Å². The Hall–Kier alpha value is -2.86. The SMILES string of the molecule is CC(=O)N1CCCc2cc(NC(=O)C(=O)NCc3ccccc3Cl)ccc21. The summed E-state index contributed by atoms with van der Waals surface area (Å²) in [4.78, 5) is 37.6. The predicted molar refractivity (Wildman–Crippen MR) is 105 cm³/mol. The average molecular weight is 386 g/mol. The molecule has 1 aliphatic heterocycles.